The number of likely N-dealkylation sites (tertiary alicyclic amines) is 1. The van der Waals surface area contributed by atoms with Crippen molar-refractivity contribution in [3.05, 3.63) is 41.8 Å². The SMILES string of the molecule is COCc1nc(C2(C)CCCN(C(=O)c3ccccn3)C2)no1. The molecule has 0 saturated carbocycles. The summed E-state index contributed by atoms with van der Waals surface area (Å²) >= 11 is 0. The number of pyridine rings is 1. The first kappa shape index (κ1) is 15.6. The van der Waals surface area contributed by atoms with Crippen molar-refractivity contribution in [1.29, 1.82) is 0 Å². The molecule has 0 N–H and O–H groups in total. The maximum absolute atomic E-state index is 12.6. The topological polar surface area (TPSA) is 81.4 Å². The van der Waals surface area contributed by atoms with Gasteiger partial charge in [0.2, 0.25) is 0 Å². The Balaban J connectivity index is 1.77. The molecule has 1 aliphatic rings. The van der Waals surface area contributed by atoms with Gasteiger partial charge in [-0.1, -0.05) is 18.1 Å². The molecule has 1 fully saturated rings. The summed E-state index contributed by atoms with van der Waals surface area (Å²) in [6.07, 6.45) is 3.43. The van der Waals surface area contributed by atoms with Crippen molar-refractivity contribution in [3.63, 3.8) is 0 Å². The molecule has 7 nitrogen and oxygen atoms in total. The number of rotatable bonds is 4. The van der Waals surface area contributed by atoms with Crippen molar-refractivity contribution in [2.45, 2.75) is 31.8 Å². The number of hydrogen-bond acceptors (Lipinski definition) is 6. The first-order valence-corrected chi connectivity index (χ1v) is 7.65. The van der Waals surface area contributed by atoms with Crippen LogP contribution >= 0.6 is 0 Å². The highest BCUT2D eigenvalue weighted by molar-refractivity contribution is 5.92. The van der Waals surface area contributed by atoms with Crippen LogP contribution in [0.1, 0.15) is 42.0 Å². The van der Waals surface area contributed by atoms with Gasteiger partial charge in [0, 0.05) is 31.8 Å². The predicted molar refractivity (Wildman–Crippen MR) is 81.7 cm³/mol. The molecule has 1 aliphatic heterocycles. The molecule has 1 amide bonds. The number of carbonyl (C=O) groups is 1. The Morgan fingerprint density at radius 3 is 3.09 bits per heavy atom. The van der Waals surface area contributed by atoms with Gasteiger partial charge < -0.3 is 14.2 Å². The zero-order chi connectivity index (χ0) is 16.3. The minimum Gasteiger partial charge on any atom is -0.375 e. The Morgan fingerprint density at radius 1 is 1.48 bits per heavy atom. The van der Waals surface area contributed by atoms with Gasteiger partial charge >= 0.3 is 0 Å². The largest absolute Gasteiger partial charge is 0.375 e. The van der Waals surface area contributed by atoms with E-state index in [4.69, 9.17) is 9.26 Å². The van der Waals surface area contributed by atoms with Crippen LogP contribution in [0.2, 0.25) is 0 Å². The quantitative estimate of drug-likeness (QED) is 0.855. The van der Waals surface area contributed by atoms with Crippen molar-refractivity contribution in [2.24, 2.45) is 0 Å². The summed E-state index contributed by atoms with van der Waals surface area (Å²) in [4.78, 5) is 23.0. The molecule has 122 valence electrons. The van der Waals surface area contributed by atoms with Crippen molar-refractivity contribution >= 4 is 5.91 Å². The van der Waals surface area contributed by atoms with Crippen molar-refractivity contribution in [2.75, 3.05) is 20.2 Å². The zero-order valence-electron chi connectivity index (χ0n) is 13.4. The highest BCUT2D eigenvalue weighted by Crippen LogP contribution is 2.32. The molecule has 0 spiro atoms. The lowest BCUT2D eigenvalue weighted by Crippen LogP contribution is -2.47. The molecule has 0 aromatic carbocycles. The van der Waals surface area contributed by atoms with E-state index in [0.29, 0.717) is 37.1 Å². The van der Waals surface area contributed by atoms with E-state index in [1.165, 1.54) is 0 Å². The van der Waals surface area contributed by atoms with Gasteiger partial charge in [-0.2, -0.15) is 4.98 Å². The third kappa shape index (κ3) is 3.24. The average molecular weight is 316 g/mol. The molecule has 3 heterocycles. The van der Waals surface area contributed by atoms with Gasteiger partial charge in [0.05, 0.1) is 0 Å². The van der Waals surface area contributed by atoms with Gasteiger partial charge in [-0.25, -0.2) is 0 Å². The summed E-state index contributed by atoms with van der Waals surface area (Å²) in [5.74, 6) is 1.03. The Hall–Kier alpha value is -2.28. The summed E-state index contributed by atoms with van der Waals surface area (Å²) in [6.45, 7) is 3.62. The number of ether oxygens (including phenoxy) is 1. The molecule has 1 atom stereocenters. The fourth-order valence-electron chi connectivity index (χ4n) is 2.93. The standard InChI is InChI=1S/C16H20N4O3/c1-16(15-18-13(10-22-2)23-19-15)7-5-9-20(11-16)14(21)12-6-3-4-8-17-12/h3-4,6,8H,5,7,9-11H2,1-2H3. The summed E-state index contributed by atoms with van der Waals surface area (Å²) < 4.78 is 10.2. The monoisotopic (exact) mass is 316 g/mol. The van der Waals surface area contributed by atoms with Crippen LogP contribution in [0.5, 0.6) is 0 Å². The van der Waals surface area contributed by atoms with Crippen LogP contribution in [0.25, 0.3) is 0 Å². The normalized spacial score (nSPS) is 21.4. The van der Waals surface area contributed by atoms with Gasteiger partial charge in [0.1, 0.15) is 12.3 Å². The number of piperidine rings is 1. The second-order valence-electron chi connectivity index (χ2n) is 6.05. The predicted octanol–water partition coefficient (Wildman–Crippen LogP) is 1.80. The average Bonchev–Trinajstić information content (AvgIpc) is 3.05. The van der Waals surface area contributed by atoms with Gasteiger partial charge in [0.25, 0.3) is 11.8 Å². The van der Waals surface area contributed by atoms with E-state index in [1.54, 1.807) is 25.4 Å². The number of nitrogens with zero attached hydrogens (tertiary/aromatic N) is 4. The van der Waals surface area contributed by atoms with Crippen LogP contribution in [-0.2, 0) is 16.8 Å². The Kier molecular flexibility index (Phi) is 4.38. The van der Waals surface area contributed by atoms with Crippen LogP contribution in [0, 0.1) is 0 Å². The van der Waals surface area contributed by atoms with E-state index in [-0.39, 0.29) is 11.3 Å². The number of carbonyl (C=O) groups excluding carboxylic acids is 1. The Labute approximate surface area is 134 Å². The Bertz CT molecular complexity index is 673. The van der Waals surface area contributed by atoms with Crippen LogP contribution < -0.4 is 0 Å². The van der Waals surface area contributed by atoms with Crippen LogP contribution in [0.3, 0.4) is 0 Å². The molecular formula is C16H20N4O3. The molecule has 0 aliphatic carbocycles. The highest BCUT2D eigenvalue weighted by atomic mass is 16.5. The fraction of sp³-hybridized carbons (Fsp3) is 0.500. The van der Waals surface area contributed by atoms with Crippen LogP contribution in [-0.4, -0.2) is 46.1 Å². The van der Waals surface area contributed by atoms with Crippen molar-refractivity contribution in [3.8, 4) is 0 Å². The molecule has 0 bridgehead atoms. The van der Waals surface area contributed by atoms with Crippen molar-refractivity contribution < 1.29 is 14.1 Å². The second-order valence-corrected chi connectivity index (χ2v) is 6.05. The third-order valence-corrected chi connectivity index (χ3v) is 4.14. The van der Waals surface area contributed by atoms with Crippen LogP contribution in [0.15, 0.2) is 28.9 Å². The van der Waals surface area contributed by atoms with E-state index in [0.717, 1.165) is 12.8 Å². The summed E-state index contributed by atoms with van der Waals surface area (Å²) in [5.41, 5.74) is 0.142. The lowest BCUT2D eigenvalue weighted by Gasteiger charge is -2.38. The molecule has 2 aromatic rings. The number of hydrogen-bond donors (Lipinski definition) is 0. The molecule has 7 heteroatoms. The first-order valence-electron chi connectivity index (χ1n) is 7.65. The number of methoxy groups -OCH3 is 1. The first-order chi connectivity index (χ1) is 11.1. The molecule has 23 heavy (non-hydrogen) atoms. The maximum Gasteiger partial charge on any atom is 0.272 e. The van der Waals surface area contributed by atoms with E-state index in [1.807, 2.05) is 11.0 Å². The van der Waals surface area contributed by atoms with E-state index in [2.05, 4.69) is 22.0 Å². The smallest absolute Gasteiger partial charge is 0.272 e. The van der Waals surface area contributed by atoms with Gasteiger partial charge in [-0.15, -0.1) is 0 Å². The number of amides is 1. The summed E-state index contributed by atoms with van der Waals surface area (Å²) in [5, 5.41) is 4.08. The van der Waals surface area contributed by atoms with Gasteiger partial charge in [-0.05, 0) is 25.0 Å². The lowest BCUT2D eigenvalue weighted by molar-refractivity contribution is 0.0636. The van der Waals surface area contributed by atoms with E-state index >= 15 is 0 Å². The van der Waals surface area contributed by atoms with E-state index in [9.17, 15) is 4.79 Å². The van der Waals surface area contributed by atoms with Gasteiger partial charge in [0.15, 0.2) is 5.82 Å². The second kappa shape index (κ2) is 6.45. The number of aromatic nitrogens is 3. The molecular weight excluding hydrogens is 296 g/mol. The van der Waals surface area contributed by atoms with Crippen LogP contribution in [0.4, 0.5) is 0 Å². The van der Waals surface area contributed by atoms with Crippen molar-refractivity contribution in [1.82, 2.24) is 20.0 Å². The third-order valence-electron chi connectivity index (χ3n) is 4.14. The lowest BCUT2D eigenvalue weighted by atomic mass is 9.81. The maximum atomic E-state index is 12.6. The molecule has 1 unspecified atom stereocenters. The molecule has 3 rings (SSSR count). The minimum atomic E-state index is -0.321. The summed E-state index contributed by atoms with van der Waals surface area (Å²) in [6, 6.07) is 5.35. The van der Waals surface area contributed by atoms with E-state index < -0.39 is 0 Å². The van der Waals surface area contributed by atoms with Gasteiger partial charge in [-0.3, -0.25) is 9.78 Å². The fourth-order valence-corrected chi connectivity index (χ4v) is 2.93. The Morgan fingerprint density at radius 2 is 2.35 bits per heavy atom. The summed E-state index contributed by atoms with van der Waals surface area (Å²) in [7, 11) is 1.58. The molecule has 0 radical (unpaired) electrons. The minimum absolute atomic E-state index is 0.0582. The molecule has 2 aromatic heterocycles. The highest BCUT2D eigenvalue weighted by Gasteiger charge is 2.38. The molecule has 1 saturated heterocycles. The zero-order valence-corrected chi connectivity index (χ0v) is 13.4.